The van der Waals surface area contributed by atoms with Crippen molar-refractivity contribution in [3.63, 3.8) is 0 Å². The van der Waals surface area contributed by atoms with Gasteiger partial charge in [-0.1, -0.05) is 51.1 Å². The third-order valence-corrected chi connectivity index (χ3v) is 2.49. The van der Waals surface area contributed by atoms with Gasteiger partial charge in [-0.25, -0.2) is 4.79 Å². The number of rotatable bonds is 4. The summed E-state index contributed by atoms with van der Waals surface area (Å²) in [6.07, 6.45) is 0.331. The lowest BCUT2D eigenvalue weighted by Crippen LogP contribution is -2.25. The second-order valence-electron chi connectivity index (χ2n) is 6.15. The molecular weight excluding hydrogens is 228 g/mol. The van der Waals surface area contributed by atoms with Crippen molar-refractivity contribution in [2.45, 2.75) is 46.6 Å². The zero-order chi connectivity index (χ0) is 13.8. The standard InChI is InChI=1S/C15H22O3/c1-14(2,3)11-13(16)17-18-15(4,5)12-9-7-6-8-10-12/h6-10H,11H2,1-5H3. The SMILES string of the molecule is CC(C)(C)CC(=O)OOC(C)(C)c1ccccc1. The molecule has 0 N–H and O–H groups in total. The average Bonchev–Trinajstić information content (AvgIpc) is 2.26. The summed E-state index contributed by atoms with van der Waals surface area (Å²) in [6, 6.07) is 9.68. The molecule has 0 aliphatic heterocycles. The first-order chi connectivity index (χ1) is 8.21. The predicted octanol–water partition coefficient (Wildman–Crippen LogP) is 3.83. The van der Waals surface area contributed by atoms with Gasteiger partial charge in [-0.05, 0) is 24.8 Å². The molecule has 3 nitrogen and oxygen atoms in total. The first-order valence-corrected chi connectivity index (χ1v) is 6.15. The summed E-state index contributed by atoms with van der Waals surface area (Å²) in [7, 11) is 0. The van der Waals surface area contributed by atoms with Crippen molar-refractivity contribution in [2.75, 3.05) is 0 Å². The molecular formula is C15H22O3. The van der Waals surface area contributed by atoms with E-state index in [0.29, 0.717) is 6.42 Å². The Hall–Kier alpha value is -1.35. The number of hydrogen-bond acceptors (Lipinski definition) is 3. The molecule has 100 valence electrons. The zero-order valence-electron chi connectivity index (χ0n) is 11.8. The summed E-state index contributed by atoms with van der Waals surface area (Å²) in [5, 5.41) is 0. The molecule has 0 unspecified atom stereocenters. The van der Waals surface area contributed by atoms with Crippen LogP contribution in [0.5, 0.6) is 0 Å². The van der Waals surface area contributed by atoms with Crippen molar-refractivity contribution >= 4 is 5.97 Å². The molecule has 1 rings (SSSR count). The Balaban J connectivity index is 2.55. The van der Waals surface area contributed by atoms with E-state index >= 15 is 0 Å². The van der Waals surface area contributed by atoms with Gasteiger partial charge in [-0.15, -0.1) is 0 Å². The van der Waals surface area contributed by atoms with Crippen molar-refractivity contribution in [3.05, 3.63) is 35.9 Å². The molecule has 0 amide bonds. The molecule has 18 heavy (non-hydrogen) atoms. The molecule has 0 spiro atoms. The van der Waals surface area contributed by atoms with Crippen LogP contribution in [0.15, 0.2) is 30.3 Å². The maximum absolute atomic E-state index is 11.6. The van der Waals surface area contributed by atoms with Gasteiger partial charge in [-0.3, -0.25) is 4.89 Å². The van der Waals surface area contributed by atoms with Crippen molar-refractivity contribution in [1.82, 2.24) is 0 Å². The first kappa shape index (κ1) is 14.7. The van der Waals surface area contributed by atoms with Crippen molar-refractivity contribution in [1.29, 1.82) is 0 Å². The zero-order valence-corrected chi connectivity index (χ0v) is 11.8. The highest BCUT2D eigenvalue weighted by atomic mass is 17.2. The minimum Gasteiger partial charge on any atom is -0.297 e. The van der Waals surface area contributed by atoms with Gasteiger partial charge in [-0.2, -0.15) is 4.89 Å². The largest absolute Gasteiger partial charge is 0.342 e. The Morgan fingerprint density at radius 2 is 1.61 bits per heavy atom. The maximum Gasteiger partial charge on any atom is 0.342 e. The Morgan fingerprint density at radius 1 is 1.06 bits per heavy atom. The van der Waals surface area contributed by atoms with Gasteiger partial charge in [0.2, 0.25) is 0 Å². The molecule has 1 aromatic carbocycles. The van der Waals surface area contributed by atoms with Crippen LogP contribution in [0.2, 0.25) is 0 Å². The van der Waals surface area contributed by atoms with E-state index < -0.39 is 5.60 Å². The van der Waals surface area contributed by atoms with E-state index in [1.807, 2.05) is 65.0 Å². The van der Waals surface area contributed by atoms with E-state index in [1.165, 1.54) is 0 Å². The quantitative estimate of drug-likeness (QED) is 0.601. The van der Waals surface area contributed by atoms with Crippen LogP contribution in [0.25, 0.3) is 0 Å². The van der Waals surface area contributed by atoms with E-state index in [4.69, 9.17) is 9.78 Å². The minimum atomic E-state index is -0.644. The fraction of sp³-hybridized carbons (Fsp3) is 0.533. The molecule has 0 aromatic heterocycles. The van der Waals surface area contributed by atoms with Crippen molar-refractivity contribution in [2.24, 2.45) is 5.41 Å². The number of benzene rings is 1. The highest BCUT2D eigenvalue weighted by Gasteiger charge is 2.26. The minimum absolute atomic E-state index is 0.0999. The Morgan fingerprint density at radius 3 is 2.11 bits per heavy atom. The van der Waals surface area contributed by atoms with E-state index in [2.05, 4.69) is 0 Å². The van der Waals surface area contributed by atoms with Crippen molar-refractivity contribution < 1.29 is 14.6 Å². The lowest BCUT2D eigenvalue weighted by atomic mass is 9.93. The first-order valence-electron chi connectivity index (χ1n) is 6.15. The summed E-state index contributed by atoms with van der Waals surface area (Å²) in [5.74, 6) is -0.341. The van der Waals surface area contributed by atoms with Crippen LogP contribution in [0.3, 0.4) is 0 Å². The molecule has 3 heteroatoms. The number of carbonyl (C=O) groups is 1. The van der Waals surface area contributed by atoms with Gasteiger partial charge in [0.1, 0.15) is 5.60 Å². The third kappa shape index (κ3) is 4.88. The molecule has 0 saturated carbocycles. The van der Waals surface area contributed by atoms with Crippen molar-refractivity contribution in [3.8, 4) is 0 Å². The molecule has 0 aliphatic carbocycles. The summed E-state index contributed by atoms with van der Waals surface area (Å²) in [4.78, 5) is 21.8. The Kier molecular flexibility index (Phi) is 4.52. The molecule has 0 saturated heterocycles. The summed E-state index contributed by atoms with van der Waals surface area (Å²) >= 11 is 0. The third-order valence-electron chi connectivity index (χ3n) is 2.49. The highest BCUT2D eigenvalue weighted by Crippen LogP contribution is 2.26. The monoisotopic (exact) mass is 250 g/mol. The van der Waals surface area contributed by atoms with Crippen LogP contribution in [-0.2, 0) is 20.2 Å². The van der Waals surface area contributed by atoms with Gasteiger partial charge in [0, 0.05) is 0 Å². The van der Waals surface area contributed by atoms with Gasteiger partial charge < -0.3 is 0 Å². The fourth-order valence-corrected chi connectivity index (χ4v) is 1.50. The summed E-state index contributed by atoms with van der Waals surface area (Å²) < 4.78 is 0. The van der Waals surface area contributed by atoms with Crippen LogP contribution >= 0.6 is 0 Å². The molecule has 0 aliphatic rings. The molecule has 0 radical (unpaired) electrons. The topological polar surface area (TPSA) is 35.5 Å². The van der Waals surface area contributed by atoms with Gasteiger partial charge in [0.15, 0.2) is 0 Å². The molecule has 0 bridgehead atoms. The fourth-order valence-electron chi connectivity index (χ4n) is 1.50. The van der Waals surface area contributed by atoms with E-state index in [9.17, 15) is 4.79 Å². The van der Waals surface area contributed by atoms with Crippen LogP contribution < -0.4 is 0 Å². The van der Waals surface area contributed by atoms with Gasteiger partial charge in [0.05, 0.1) is 6.42 Å². The molecule has 0 heterocycles. The van der Waals surface area contributed by atoms with Crippen LogP contribution in [-0.4, -0.2) is 5.97 Å². The summed E-state index contributed by atoms with van der Waals surface area (Å²) in [6.45, 7) is 9.68. The summed E-state index contributed by atoms with van der Waals surface area (Å²) in [5.41, 5.74) is 0.222. The number of hydrogen-bond donors (Lipinski definition) is 0. The normalized spacial score (nSPS) is 12.3. The van der Waals surface area contributed by atoms with Crippen LogP contribution in [0, 0.1) is 5.41 Å². The van der Waals surface area contributed by atoms with Crippen LogP contribution in [0.4, 0.5) is 0 Å². The van der Waals surface area contributed by atoms with Gasteiger partial charge >= 0.3 is 5.97 Å². The molecule has 0 atom stereocenters. The van der Waals surface area contributed by atoms with Gasteiger partial charge in [0.25, 0.3) is 0 Å². The lowest BCUT2D eigenvalue weighted by molar-refractivity contribution is -0.330. The second-order valence-corrected chi connectivity index (χ2v) is 6.15. The lowest BCUT2D eigenvalue weighted by Gasteiger charge is -2.24. The maximum atomic E-state index is 11.6. The number of carbonyl (C=O) groups excluding carboxylic acids is 1. The smallest absolute Gasteiger partial charge is 0.297 e. The average molecular weight is 250 g/mol. The van der Waals surface area contributed by atoms with E-state index in [1.54, 1.807) is 0 Å². The Bertz CT molecular complexity index is 388. The second kappa shape index (κ2) is 5.53. The highest BCUT2D eigenvalue weighted by molar-refractivity contribution is 5.69. The van der Waals surface area contributed by atoms with Crippen LogP contribution in [0.1, 0.15) is 46.6 Å². The predicted molar refractivity (Wildman–Crippen MR) is 70.7 cm³/mol. The van der Waals surface area contributed by atoms with E-state index in [-0.39, 0.29) is 11.4 Å². The molecule has 0 fully saturated rings. The van der Waals surface area contributed by atoms with E-state index in [0.717, 1.165) is 5.56 Å². The molecule has 1 aromatic rings. The Labute approximate surface area is 109 Å².